The maximum absolute atomic E-state index is 12.5. The minimum atomic E-state index is 0.0403. The lowest BCUT2D eigenvalue weighted by Crippen LogP contribution is -2.38. The van der Waals surface area contributed by atoms with Gasteiger partial charge in [0.15, 0.2) is 0 Å². The lowest BCUT2D eigenvalue weighted by Gasteiger charge is -2.27. The fraction of sp³-hybridized carbons (Fsp3) is 0.600. The second-order valence-electron chi connectivity index (χ2n) is 4.77. The minimum absolute atomic E-state index is 0.0403. The van der Waals surface area contributed by atoms with Crippen molar-refractivity contribution in [2.45, 2.75) is 53.0 Å². The third kappa shape index (κ3) is 4.20. The van der Waals surface area contributed by atoms with E-state index in [1.54, 1.807) is 6.07 Å². The Balaban J connectivity index is 3.03. The van der Waals surface area contributed by atoms with Gasteiger partial charge in [0.2, 0.25) is 0 Å². The van der Waals surface area contributed by atoms with Crippen LogP contribution in [-0.2, 0) is 6.42 Å². The van der Waals surface area contributed by atoms with Gasteiger partial charge in [0.1, 0.15) is 5.15 Å². The molecule has 1 heterocycles. The van der Waals surface area contributed by atoms with Crippen LogP contribution in [0.5, 0.6) is 0 Å². The third-order valence-corrected chi connectivity index (χ3v) is 3.52. The molecule has 0 aliphatic heterocycles. The van der Waals surface area contributed by atoms with Gasteiger partial charge in [-0.3, -0.25) is 4.79 Å². The largest absolute Gasteiger partial charge is 0.336 e. The molecule has 0 bridgehead atoms. The minimum Gasteiger partial charge on any atom is -0.336 e. The van der Waals surface area contributed by atoms with Crippen LogP contribution in [0.4, 0.5) is 0 Å². The number of aromatic nitrogens is 1. The average molecular weight is 283 g/mol. The van der Waals surface area contributed by atoms with E-state index in [0.717, 1.165) is 25.0 Å². The molecule has 1 atom stereocenters. The summed E-state index contributed by atoms with van der Waals surface area (Å²) in [6.07, 6.45) is 2.78. The number of halogens is 1. The molecule has 1 unspecified atom stereocenters. The van der Waals surface area contributed by atoms with Crippen LogP contribution in [0.15, 0.2) is 12.1 Å². The first-order valence-electron chi connectivity index (χ1n) is 7.00. The summed E-state index contributed by atoms with van der Waals surface area (Å²) in [4.78, 5) is 18.7. The van der Waals surface area contributed by atoms with Crippen LogP contribution in [0.25, 0.3) is 0 Å². The molecular formula is C15H23ClN2O. The Hall–Kier alpha value is -1.09. The zero-order chi connectivity index (χ0) is 14.4. The van der Waals surface area contributed by atoms with E-state index >= 15 is 0 Å². The molecule has 0 saturated carbocycles. The van der Waals surface area contributed by atoms with Gasteiger partial charge in [-0.15, -0.1) is 0 Å². The van der Waals surface area contributed by atoms with Crippen LogP contribution in [0.1, 0.15) is 56.6 Å². The molecule has 1 rings (SSSR count). The van der Waals surface area contributed by atoms with Crippen molar-refractivity contribution in [2.75, 3.05) is 6.54 Å². The van der Waals surface area contributed by atoms with E-state index in [1.807, 2.05) is 17.9 Å². The zero-order valence-corrected chi connectivity index (χ0v) is 13.0. The molecule has 0 spiro atoms. The van der Waals surface area contributed by atoms with Crippen molar-refractivity contribution in [2.24, 2.45) is 0 Å². The Morgan fingerprint density at radius 2 is 2.05 bits per heavy atom. The number of amides is 1. The average Bonchev–Trinajstić information content (AvgIpc) is 2.38. The smallest absolute Gasteiger partial charge is 0.254 e. The van der Waals surface area contributed by atoms with Crippen LogP contribution < -0.4 is 0 Å². The molecule has 0 aliphatic carbocycles. The molecule has 3 nitrogen and oxygen atoms in total. The molecule has 1 aromatic heterocycles. The lowest BCUT2D eigenvalue weighted by atomic mass is 10.1. The summed E-state index contributed by atoms with van der Waals surface area (Å²) in [5.41, 5.74) is 1.53. The van der Waals surface area contributed by atoms with Gasteiger partial charge >= 0.3 is 0 Å². The van der Waals surface area contributed by atoms with Crippen molar-refractivity contribution >= 4 is 17.5 Å². The normalized spacial score (nSPS) is 12.3. The highest BCUT2D eigenvalue weighted by Crippen LogP contribution is 2.16. The topological polar surface area (TPSA) is 33.2 Å². The van der Waals surface area contributed by atoms with Gasteiger partial charge in [-0.05, 0) is 38.8 Å². The molecule has 0 radical (unpaired) electrons. The number of pyridine rings is 1. The third-order valence-electron chi connectivity index (χ3n) is 3.32. The van der Waals surface area contributed by atoms with Gasteiger partial charge in [0, 0.05) is 23.8 Å². The number of nitrogens with zero attached hydrogens (tertiary/aromatic N) is 2. The summed E-state index contributed by atoms with van der Waals surface area (Å²) in [6.45, 7) is 8.94. The van der Waals surface area contributed by atoms with Crippen LogP contribution in [0.3, 0.4) is 0 Å². The lowest BCUT2D eigenvalue weighted by molar-refractivity contribution is 0.0699. The van der Waals surface area contributed by atoms with Crippen molar-refractivity contribution in [3.05, 3.63) is 28.5 Å². The van der Waals surface area contributed by atoms with E-state index in [0.29, 0.717) is 17.3 Å². The fourth-order valence-electron chi connectivity index (χ4n) is 2.10. The molecule has 19 heavy (non-hydrogen) atoms. The summed E-state index contributed by atoms with van der Waals surface area (Å²) in [5, 5.41) is 0.398. The van der Waals surface area contributed by atoms with Gasteiger partial charge < -0.3 is 4.90 Å². The van der Waals surface area contributed by atoms with Gasteiger partial charge in [-0.1, -0.05) is 31.9 Å². The van der Waals surface area contributed by atoms with Crippen LogP contribution >= 0.6 is 11.6 Å². The maximum atomic E-state index is 12.5. The van der Waals surface area contributed by atoms with E-state index in [9.17, 15) is 4.79 Å². The second-order valence-corrected chi connectivity index (χ2v) is 5.16. The molecule has 0 fully saturated rings. The molecule has 0 N–H and O–H groups in total. The van der Waals surface area contributed by atoms with Crippen molar-refractivity contribution < 1.29 is 4.79 Å². The number of aryl methyl sites for hydroxylation is 1. The van der Waals surface area contributed by atoms with E-state index in [2.05, 4.69) is 25.8 Å². The van der Waals surface area contributed by atoms with Gasteiger partial charge in [0.25, 0.3) is 5.91 Å². The van der Waals surface area contributed by atoms with Gasteiger partial charge in [-0.2, -0.15) is 0 Å². The van der Waals surface area contributed by atoms with Gasteiger partial charge in [0.05, 0.1) is 0 Å². The highest BCUT2D eigenvalue weighted by molar-refractivity contribution is 6.29. The first-order chi connectivity index (χ1) is 9.03. The summed E-state index contributed by atoms with van der Waals surface area (Å²) in [7, 11) is 0. The van der Waals surface area contributed by atoms with Crippen molar-refractivity contribution in [1.29, 1.82) is 0 Å². The predicted octanol–water partition coefficient (Wildman–Crippen LogP) is 3.95. The van der Waals surface area contributed by atoms with E-state index in [-0.39, 0.29) is 11.9 Å². The predicted molar refractivity (Wildman–Crippen MR) is 79.7 cm³/mol. The monoisotopic (exact) mass is 282 g/mol. The SMILES string of the molecule is CCCc1cc(C(=O)N(CC)C(C)CC)cc(Cl)n1. The maximum Gasteiger partial charge on any atom is 0.254 e. The number of rotatable bonds is 6. The fourth-order valence-corrected chi connectivity index (χ4v) is 2.33. The molecule has 1 amide bonds. The van der Waals surface area contributed by atoms with Crippen molar-refractivity contribution in [1.82, 2.24) is 9.88 Å². The molecular weight excluding hydrogens is 260 g/mol. The first-order valence-corrected chi connectivity index (χ1v) is 7.38. The number of carbonyl (C=O) groups excluding carboxylic acids is 1. The number of hydrogen-bond donors (Lipinski definition) is 0. The number of carbonyl (C=O) groups is 1. The first kappa shape index (κ1) is 16.0. The Kier molecular flexibility index (Phi) is 6.29. The molecule has 0 aliphatic rings. The van der Waals surface area contributed by atoms with Crippen LogP contribution in [0, 0.1) is 0 Å². The van der Waals surface area contributed by atoms with Crippen LogP contribution in [0.2, 0.25) is 5.15 Å². The quantitative estimate of drug-likeness (QED) is 0.740. The molecule has 0 saturated heterocycles. The van der Waals surface area contributed by atoms with Gasteiger partial charge in [-0.25, -0.2) is 4.98 Å². The zero-order valence-electron chi connectivity index (χ0n) is 12.2. The summed E-state index contributed by atoms with van der Waals surface area (Å²) in [6, 6.07) is 3.76. The van der Waals surface area contributed by atoms with E-state index < -0.39 is 0 Å². The Morgan fingerprint density at radius 1 is 1.37 bits per heavy atom. The van der Waals surface area contributed by atoms with Crippen molar-refractivity contribution in [3.8, 4) is 0 Å². The molecule has 0 aromatic carbocycles. The van der Waals surface area contributed by atoms with E-state index in [1.165, 1.54) is 0 Å². The number of hydrogen-bond acceptors (Lipinski definition) is 2. The highest BCUT2D eigenvalue weighted by atomic mass is 35.5. The summed E-state index contributed by atoms with van der Waals surface area (Å²) < 4.78 is 0. The standard InChI is InChI=1S/C15H23ClN2O/c1-5-8-13-9-12(10-14(16)17-13)15(19)18(7-3)11(4)6-2/h9-11H,5-8H2,1-4H3. The summed E-state index contributed by atoms with van der Waals surface area (Å²) in [5.74, 6) is 0.0403. The highest BCUT2D eigenvalue weighted by Gasteiger charge is 2.19. The second kappa shape index (κ2) is 7.49. The van der Waals surface area contributed by atoms with Crippen LogP contribution in [-0.4, -0.2) is 28.4 Å². The molecule has 4 heteroatoms. The Labute approximate surface area is 121 Å². The van der Waals surface area contributed by atoms with Crippen molar-refractivity contribution in [3.63, 3.8) is 0 Å². The molecule has 1 aromatic rings. The Bertz CT molecular complexity index is 434. The van der Waals surface area contributed by atoms with E-state index in [4.69, 9.17) is 11.6 Å². The summed E-state index contributed by atoms with van der Waals surface area (Å²) >= 11 is 6.01. The Morgan fingerprint density at radius 3 is 2.58 bits per heavy atom. The molecule has 106 valence electrons.